The number of ether oxygens (including phenoxy) is 1. The van der Waals surface area contributed by atoms with Gasteiger partial charge in [0.15, 0.2) is 15.5 Å². The van der Waals surface area contributed by atoms with Crippen LogP contribution in [0.4, 0.5) is 14.5 Å². The average molecular weight is 739 g/mol. The second kappa shape index (κ2) is 14.8. The minimum Gasteiger partial charge on any atom is -0.469 e. The fourth-order valence-corrected chi connectivity index (χ4v) is 11.6. The van der Waals surface area contributed by atoms with Gasteiger partial charge in [0.1, 0.15) is 11.1 Å². The van der Waals surface area contributed by atoms with Gasteiger partial charge in [-0.1, -0.05) is 25.1 Å². The molecule has 2 aromatic rings. The number of hydrogen-bond acceptors (Lipinski definition) is 8. The molecule has 1 saturated carbocycles. The van der Waals surface area contributed by atoms with E-state index < -0.39 is 20.8 Å². The van der Waals surface area contributed by atoms with Crippen molar-refractivity contribution >= 4 is 27.4 Å². The molecule has 12 heteroatoms. The van der Waals surface area contributed by atoms with Crippen LogP contribution >= 0.6 is 0 Å². The number of benzene rings is 2. The number of likely N-dealkylation sites (tertiary alicyclic amines) is 3. The van der Waals surface area contributed by atoms with Crippen LogP contribution in [0.1, 0.15) is 50.5 Å². The summed E-state index contributed by atoms with van der Waals surface area (Å²) in [5.41, 5.74) is 0.129. The van der Waals surface area contributed by atoms with Crippen LogP contribution in [0, 0.1) is 23.6 Å². The Hall–Kier alpha value is -3.35. The summed E-state index contributed by atoms with van der Waals surface area (Å²) in [4.78, 5) is 32.7. The minimum absolute atomic E-state index is 0.156. The van der Waals surface area contributed by atoms with Gasteiger partial charge in [-0.25, -0.2) is 17.2 Å². The lowest BCUT2D eigenvalue weighted by Gasteiger charge is -2.54. The molecule has 1 amide bonds. The number of carbonyl (C=O) groups excluding carboxylic acids is 2. The number of esters is 1. The van der Waals surface area contributed by atoms with Crippen molar-refractivity contribution in [2.24, 2.45) is 17.8 Å². The lowest BCUT2D eigenvalue weighted by molar-refractivity contribution is -0.142. The van der Waals surface area contributed by atoms with E-state index in [0.717, 1.165) is 82.5 Å². The molecule has 4 heterocycles. The number of rotatable bonds is 13. The van der Waals surface area contributed by atoms with Gasteiger partial charge in [-0.3, -0.25) is 14.5 Å². The first-order chi connectivity index (χ1) is 24.9. The van der Waals surface area contributed by atoms with Crippen LogP contribution < -0.4 is 4.90 Å². The van der Waals surface area contributed by atoms with Crippen molar-refractivity contribution in [3.63, 3.8) is 0 Å². The summed E-state index contributed by atoms with van der Waals surface area (Å²) in [6.07, 6.45) is 7.49. The number of hydrogen-bond donors (Lipinski definition) is 0. The molecule has 5 fully saturated rings. The van der Waals surface area contributed by atoms with Crippen molar-refractivity contribution in [2.45, 2.75) is 66.2 Å². The third-order valence-corrected chi connectivity index (χ3v) is 15.0. The minimum atomic E-state index is -3.58. The van der Waals surface area contributed by atoms with Crippen LogP contribution in [-0.2, 0) is 29.6 Å². The molecule has 7 rings (SSSR count). The van der Waals surface area contributed by atoms with Gasteiger partial charge < -0.3 is 19.4 Å². The summed E-state index contributed by atoms with van der Waals surface area (Å²) >= 11 is 0. The van der Waals surface area contributed by atoms with Gasteiger partial charge in [0.2, 0.25) is 5.91 Å². The molecule has 0 bridgehead atoms. The summed E-state index contributed by atoms with van der Waals surface area (Å²) in [5.74, 6) is -0.0193. The smallest absolute Gasteiger partial charge is 0.305 e. The van der Waals surface area contributed by atoms with Gasteiger partial charge in [0.05, 0.1) is 25.1 Å². The quantitative estimate of drug-likeness (QED) is 0.213. The van der Waals surface area contributed by atoms with E-state index in [4.69, 9.17) is 4.74 Å². The van der Waals surface area contributed by atoms with Crippen molar-refractivity contribution in [1.82, 2.24) is 14.7 Å². The van der Waals surface area contributed by atoms with Gasteiger partial charge >= 0.3 is 5.97 Å². The normalized spacial score (nSPS) is 25.4. The van der Waals surface area contributed by atoms with Crippen molar-refractivity contribution in [2.75, 3.05) is 77.5 Å². The number of piperidine rings is 1. The summed E-state index contributed by atoms with van der Waals surface area (Å²) in [7, 11) is -2.13. The molecule has 0 N–H and O–H groups in total. The maximum atomic E-state index is 16.2. The molecule has 52 heavy (non-hydrogen) atoms. The molecule has 4 aliphatic heterocycles. The number of anilines is 1. The van der Waals surface area contributed by atoms with Crippen molar-refractivity contribution < 1.29 is 31.5 Å². The molecular weight excluding hydrogens is 687 g/mol. The summed E-state index contributed by atoms with van der Waals surface area (Å²) < 4.78 is 62.5. The molecule has 0 radical (unpaired) electrons. The first-order valence-corrected chi connectivity index (χ1v) is 20.5. The third-order valence-electron chi connectivity index (χ3n) is 12.8. The van der Waals surface area contributed by atoms with Gasteiger partial charge in [0, 0.05) is 43.7 Å². The standard InChI is InChI=1S/C40H52F2N4O5S/c1-3-37(47)45-23-35(24-45)52(49,50)34-13-11-33(12-14-34)46-26-39(42,27-46)25-44-19-15-30(16-20-44)40(28-43-17-6-18-43,31-8-5-9-32(41)22-31)36-10-4-7-29(36)21-38(48)51-2/h3,5,8-9,11-14,22,29-30,35-36H,1,4,6-7,10,15-21,23-28H2,2H3/t29-,36+,40+/m1/s1. The van der Waals surface area contributed by atoms with Gasteiger partial charge in [-0.05, 0) is 124 Å². The van der Waals surface area contributed by atoms with E-state index in [1.807, 2.05) is 11.0 Å². The molecule has 5 aliphatic rings. The molecule has 0 spiro atoms. The first-order valence-electron chi connectivity index (χ1n) is 18.9. The van der Waals surface area contributed by atoms with Crippen LogP contribution in [0.5, 0.6) is 0 Å². The Balaban J connectivity index is 1.00. The molecule has 2 aromatic carbocycles. The number of carbonyl (C=O) groups is 2. The van der Waals surface area contributed by atoms with Crippen molar-refractivity contribution in [1.29, 1.82) is 0 Å². The number of nitrogens with zero attached hydrogens (tertiary/aromatic N) is 4. The molecule has 1 aliphatic carbocycles. The summed E-state index contributed by atoms with van der Waals surface area (Å²) in [6, 6.07) is 13.8. The molecule has 282 valence electrons. The van der Waals surface area contributed by atoms with E-state index in [2.05, 4.69) is 22.4 Å². The van der Waals surface area contributed by atoms with Gasteiger partial charge in [-0.2, -0.15) is 0 Å². The molecule has 4 saturated heterocycles. The zero-order valence-corrected chi connectivity index (χ0v) is 31.0. The highest BCUT2D eigenvalue weighted by Gasteiger charge is 2.53. The van der Waals surface area contributed by atoms with Crippen LogP contribution in [0.3, 0.4) is 0 Å². The summed E-state index contributed by atoms with van der Waals surface area (Å²) in [5, 5.41) is -0.636. The Morgan fingerprint density at radius 1 is 0.981 bits per heavy atom. The molecule has 3 atom stereocenters. The maximum Gasteiger partial charge on any atom is 0.305 e. The van der Waals surface area contributed by atoms with Crippen LogP contribution in [0.15, 0.2) is 66.1 Å². The lowest BCUT2D eigenvalue weighted by Crippen LogP contribution is -2.64. The van der Waals surface area contributed by atoms with Gasteiger partial charge in [-0.15, -0.1) is 0 Å². The van der Waals surface area contributed by atoms with E-state index in [0.29, 0.717) is 13.0 Å². The maximum absolute atomic E-state index is 16.2. The van der Waals surface area contributed by atoms with Crippen molar-refractivity contribution in [3.05, 3.63) is 72.6 Å². The first kappa shape index (κ1) is 37.0. The van der Waals surface area contributed by atoms with Crippen LogP contribution in [0.25, 0.3) is 0 Å². The van der Waals surface area contributed by atoms with Crippen molar-refractivity contribution in [3.8, 4) is 0 Å². The molecule has 9 nitrogen and oxygen atoms in total. The van der Waals surface area contributed by atoms with Crippen LogP contribution in [-0.4, -0.2) is 118 Å². The highest BCUT2D eigenvalue weighted by molar-refractivity contribution is 7.92. The fourth-order valence-electron chi connectivity index (χ4n) is 9.94. The topological polar surface area (TPSA) is 90.5 Å². The fraction of sp³-hybridized carbons (Fsp3) is 0.600. The van der Waals surface area contributed by atoms with E-state index in [-0.39, 0.29) is 71.9 Å². The highest BCUT2D eigenvalue weighted by Crippen LogP contribution is 2.54. The average Bonchev–Trinajstić information content (AvgIpc) is 3.54. The Kier molecular flexibility index (Phi) is 10.5. The number of halogens is 2. The Morgan fingerprint density at radius 3 is 2.31 bits per heavy atom. The Labute approximate surface area is 306 Å². The van der Waals surface area contributed by atoms with Gasteiger partial charge in [0.25, 0.3) is 0 Å². The molecule has 0 unspecified atom stereocenters. The van der Waals surface area contributed by atoms with Crippen LogP contribution in [0.2, 0.25) is 0 Å². The number of alkyl halides is 1. The van der Waals surface area contributed by atoms with E-state index in [9.17, 15) is 22.4 Å². The monoisotopic (exact) mass is 738 g/mol. The number of amides is 1. The SMILES string of the molecule is C=CC(=O)N1CC(S(=O)(=O)c2ccc(N3CC(F)(CN4CCC([C@@](CN5CCC5)(c5cccc(F)c5)[C@H]5CCC[C@@H]5CC(=O)OC)CC4)C3)cc2)C1. The highest BCUT2D eigenvalue weighted by atomic mass is 32.2. The second-order valence-corrected chi connectivity index (χ2v) is 18.2. The number of methoxy groups -OCH3 is 1. The van der Waals surface area contributed by atoms with E-state index in [1.165, 1.54) is 24.2 Å². The molecular formula is C40H52F2N4O5S. The third kappa shape index (κ3) is 7.14. The Morgan fingerprint density at radius 2 is 1.69 bits per heavy atom. The zero-order valence-electron chi connectivity index (χ0n) is 30.2. The van der Waals surface area contributed by atoms with E-state index in [1.54, 1.807) is 30.3 Å². The largest absolute Gasteiger partial charge is 0.469 e. The zero-order chi connectivity index (χ0) is 36.7. The predicted molar refractivity (Wildman–Crippen MR) is 196 cm³/mol. The number of sulfone groups is 1. The second-order valence-electron chi connectivity index (χ2n) is 15.9. The predicted octanol–water partition coefficient (Wildman–Crippen LogP) is 4.86. The van der Waals surface area contributed by atoms with E-state index >= 15 is 4.39 Å². The summed E-state index contributed by atoms with van der Waals surface area (Å²) in [6.45, 7) is 8.99. The Bertz CT molecular complexity index is 1730. The molecule has 0 aromatic heterocycles. The lowest BCUT2D eigenvalue weighted by atomic mass is 9.56.